The van der Waals surface area contributed by atoms with Crippen LogP contribution in [0.4, 0.5) is 0 Å². The molecule has 1 aliphatic carbocycles. The van der Waals surface area contributed by atoms with E-state index in [0.717, 1.165) is 12.2 Å². The minimum Gasteiger partial charge on any atom is -0.462 e. The summed E-state index contributed by atoms with van der Waals surface area (Å²) in [6.07, 6.45) is 6.02. The minimum absolute atomic E-state index is 0.0676. The van der Waals surface area contributed by atoms with E-state index in [2.05, 4.69) is 10.3 Å². The van der Waals surface area contributed by atoms with E-state index in [-0.39, 0.29) is 18.6 Å². The van der Waals surface area contributed by atoms with E-state index >= 15 is 0 Å². The van der Waals surface area contributed by atoms with Crippen LogP contribution in [0.5, 0.6) is 0 Å². The molecule has 0 aliphatic heterocycles. The zero-order valence-electron chi connectivity index (χ0n) is 10.3. The number of rotatable bonds is 6. The van der Waals surface area contributed by atoms with Gasteiger partial charge in [-0.2, -0.15) is 0 Å². The van der Waals surface area contributed by atoms with Gasteiger partial charge in [0.2, 0.25) is 0 Å². The van der Waals surface area contributed by atoms with Gasteiger partial charge in [-0.05, 0) is 26.7 Å². The third-order valence-electron chi connectivity index (χ3n) is 2.51. The highest BCUT2D eigenvalue weighted by atomic mass is 16.5. The molecule has 1 saturated carbocycles. The van der Waals surface area contributed by atoms with Crippen molar-refractivity contribution in [3.05, 3.63) is 18.2 Å². The molecule has 0 bridgehead atoms. The second-order valence-electron chi connectivity index (χ2n) is 4.73. The summed E-state index contributed by atoms with van der Waals surface area (Å²) in [4.78, 5) is 15.7. The van der Waals surface area contributed by atoms with Gasteiger partial charge in [0.1, 0.15) is 6.54 Å². The van der Waals surface area contributed by atoms with Gasteiger partial charge in [0.25, 0.3) is 0 Å². The first-order chi connectivity index (χ1) is 8.13. The van der Waals surface area contributed by atoms with Crippen LogP contribution in [0.3, 0.4) is 0 Å². The third-order valence-corrected chi connectivity index (χ3v) is 2.51. The van der Waals surface area contributed by atoms with Crippen LogP contribution in [-0.2, 0) is 22.6 Å². The average Bonchev–Trinajstić information content (AvgIpc) is 2.96. The van der Waals surface area contributed by atoms with Crippen LogP contribution in [0, 0.1) is 0 Å². The summed E-state index contributed by atoms with van der Waals surface area (Å²) >= 11 is 0. The molecule has 1 aliphatic rings. The fourth-order valence-corrected chi connectivity index (χ4v) is 1.57. The van der Waals surface area contributed by atoms with Crippen molar-refractivity contribution in [1.29, 1.82) is 0 Å². The van der Waals surface area contributed by atoms with Crippen molar-refractivity contribution in [3.8, 4) is 0 Å². The molecule has 0 radical (unpaired) electrons. The van der Waals surface area contributed by atoms with E-state index in [0.29, 0.717) is 6.04 Å². The molecule has 0 unspecified atom stereocenters. The molecule has 1 heterocycles. The number of hydrogen-bond acceptors (Lipinski definition) is 4. The van der Waals surface area contributed by atoms with E-state index < -0.39 is 0 Å². The molecule has 0 saturated heterocycles. The fourth-order valence-electron chi connectivity index (χ4n) is 1.57. The lowest BCUT2D eigenvalue weighted by atomic mass is 10.4. The third kappa shape index (κ3) is 4.19. The van der Waals surface area contributed by atoms with Crippen LogP contribution in [0.25, 0.3) is 0 Å². The van der Waals surface area contributed by atoms with Crippen LogP contribution in [0.1, 0.15) is 32.4 Å². The van der Waals surface area contributed by atoms with Crippen molar-refractivity contribution in [2.45, 2.75) is 51.9 Å². The number of hydrogen-bond donors (Lipinski definition) is 1. The second kappa shape index (κ2) is 5.31. The molecule has 2 rings (SSSR count). The molecule has 1 aromatic heterocycles. The van der Waals surface area contributed by atoms with Gasteiger partial charge >= 0.3 is 5.97 Å². The first kappa shape index (κ1) is 12.1. The zero-order valence-corrected chi connectivity index (χ0v) is 10.3. The number of nitrogens with one attached hydrogen (secondary N) is 1. The van der Waals surface area contributed by atoms with E-state index in [1.54, 1.807) is 10.9 Å². The van der Waals surface area contributed by atoms with Gasteiger partial charge in [-0.3, -0.25) is 4.79 Å². The van der Waals surface area contributed by atoms with Crippen molar-refractivity contribution >= 4 is 5.97 Å². The van der Waals surface area contributed by atoms with Crippen LogP contribution in [0.15, 0.2) is 12.5 Å². The first-order valence-electron chi connectivity index (χ1n) is 6.07. The lowest BCUT2D eigenvalue weighted by Crippen LogP contribution is -2.17. The van der Waals surface area contributed by atoms with E-state index in [1.807, 2.05) is 20.0 Å². The summed E-state index contributed by atoms with van der Waals surface area (Å²) in [5.41, 5.74) is 0.967. The Kier molecular flexibility index (Phi) is 3.78. The molecule has 1 fully saturated rings. The van der Waals surface area contributed by atoms with Gasteiger partial charge in [-0.15, -0.1) is 0 Å². The van der Waals surface area contributed by atoms with Gasteiger partial charge in [0.15, 0.2) is 0 Å². The monoisotopic (exact) mass is 237 g/mol. The Morgan fingerprint density at radius 3 is 3.06 bits per heavy atom. The molecule has 0 amide bonds. The number of esters is 1. The molecule has 5 nitrogen and oxygen atoms in total. The van der Waals surface area contributed by atoms with Crippen molar-refractivity contribution in [1.82, 2.24) is 14.9 Å². The minimum atomic E-state index is -0.223. The topological polar surface area (TPSA) is 56.2 Å². The van der Waals surface area contributed by atoms with Crippen molar-refractivity contribution in [2.75, 3.05) is 0 Å². The molecular formula is C12H19N3O2. The van der Waals surface area contributed by atoms with Gasteiger partial charge < -0.3 is 14.6 Å². The van der Waals surface area contributed by atoms with Gasteiger partial charge in [0, 0.05) is 18.8 Å². The average molecular weight is 237 g/mol. The maximum Gasteiger partial charge on any atom is 0.326 e. The van der Waals surface area contributed by atoms with Gasteiger partial charge in [-0.25, -0.2) is 4.98 Å². The molecule has 1 N–H and O–H groups in total. The quantitative estimate of drug-likeness (QED) is 0.752. The Labute approximate surface area is 101 Å². The van der Waals surface area contributed by atoms with E-state index in [4.69, 9.17) is 4.74 Å². The lowest BCUT2D eigenvalue weighted by Gasteiger charge is -2.07. The molecule has 0 aromatic carbocycles. The van der Waals surface area contributed by atoms with Crippen molar-refractivity contribution < 1.29 is 9.53 Å². The number of nitrogens with zero attached hydrogens (tertiary/aromatic N) is 2. The number of carbonyl (C=O) groups excluding carboxylic acids is 1. The lowest BCUT2D eigenvalue weighted by molar-refractivity contribution is -0.148. The molecule has 0 spiro atoms. The highest BCUT2D eigenvalue weighted by Gasteiger charge is 2.20. The van der Waals surface area contributed by atoms with Crippen LogP contribution in [0.2, 0.25) is 0 Å². The van der Waals surface area contributed by atoms with E-state index in [1.165, 1.54) is 12.8 Å². The summed E-state index contributed by atoms with van der Waals surface area (Å²) in [7, 11) is 0. The highest BCUT2D eigenvalue weighted by Crippen LogP contribution is 2.18. The number of ether oxygens (including phenoxy) is 1. The molecular weight excluding hydrogens is 218 g/mol. The largest absolute Gasteiger partial charge is 0.462 e. The fraction of sp³-hybridized carbons (Fsp3) is 0.667. The van der Waals surface area contributed by atoms with Crippen LogP contribution < -0.4 is 5.32 Å². The molecule has 0 atom stereocenters. The Balaban J connectivity index is 1.78. The highest BCUT2D eigenvalue weighted by molar-refractivity contribution is 5.69. The predicted octanol–water partition coefficient (Wildman–Crippen LogP) is 1.09. The Morgan fingerprint density at radius 2 is 2.41 bits per heavy atom. The summed E-state index contributed by atoms with van der Waals surface area (Å²) < 4.78 is 6.83. The summed E-state index contributed by atoms with van der Waals surface area (Å²) in [6, 6.07) is 0.672. The van der Waals surface area contributed by atoms with E-state index in [9.17, 15) is 4.79 Å². The van der Waals surface area contributed by atoms with Gasteiger partial charge in [-0.1, -0.05) is 0 Å². The molecule has 1 aromatic rings. The molecule has 17 heavy (non-hydrogen) atoms. The Morgan fingerprint density at radius 1 is 1.65 bits per heavy atom. The SMILES string of the molecule is CC(C)OC(=O)Cn1cnc(CNC2CC2)c1. The number of aromatic nitrogens is 2. The molecule has 5 heteroatoms. The summed E-state index contributed by atoms with van der Waals surface area (Å²) in [6.45, 7) is 4.69. The zero-order chi connectivity index (χ0) is 12.3. The van der Waals surface area contributed by atoms with Crippen molar-refractivity contribution in [2.24, 2.45) is 0 Å². The standard InChI is InChI=1S/C12H19N3O2/c1-9(2)17-12(16)7-15-6-11(14-8-15)5-13-10-3-4-10/h6,8-10,13H,3-5,7H2,1-2H3. The van der Waals surface area contributed by atoms with Crippen molar-refractivity contribution in [3.63, 3.8) is 0 Å². The maximum atomic E-state index is 11.4. The second-order valence-corrected chi connectivity index (χ2v) is 4.73. The summed E-state index contributed by atoms with van der Waals surface area (Å²) in [5, 5.41) is 3.38. The predicted molar refractivity (Wildman–Crippen MR) is 63.3 cm³/mol. The first-order valence-corrected chi connectivity index (χ1v) is 6.07. The summed E-state index contributed by atoms with van der Waals surface area (Å²) in [5.74, 6) is -0.223. The maximum absolute atomic E-state index is 11.4. The number of carbonyl (C=O) groups is 1. The Hall–Kier alpha value is -1.36. The molecule has 94 valence electrons. The number of imidazole rings is 1. The van der Waals surface area contributed by atoms with Crippen LogP contribution >= 0.6 is 0 Å². The Bertz CT molecular complexity index is 383. The normalized spacial score (nSPS) is 15.2. The van der Waals surface area contributed by atoms with Crippen LogP contribution in [-0.4, -0.2) is 27.7 Å². The smallest absolute Gasteiger partial charge is 0.326 e. The van der Waals surface area contributed by atoms with Gasteiger partial charge in [0.05, 0.1) is 18.1 Å².